The second-order valence-electron chi connectivity index (χ2n) is 5.30. The first-order chi connectivity index (χ1) is 11.4. The Morgan fingerprint density at radius 3 is 2.96 bits per heavy atom. The van der Waals surface area contributed by atoms with Crippen LogP contribution in [0.5, 0.6) is 0 Å². The number of fused-ring (bicyclic) bond motifs is 1. The Balaban J connectivity index is 2.14. The van der Waals surface area contributed by atoms with Gasteiger partial charge in [-0.3, -0.25) is 20.0 Å². The van der Waals surface area contributed by atoms with Crippen molar-refractivity contribution in [2.45, 2.75) is 13.0 Å². The molecule has 0 atom stereocenters. The van der Waals surface area contributed by atoms with Crippen LogP contribution in [0.1, 0.15) is 21.6 Å². The quantitative estimate of drug-likeness (QED) is 0.379. The van der Waals surface area contributed by atoms with E-state index in [2.05, 4.69) is 54.0 Å². The fraction of sp³-hybridized carbons (Fsp3) is 0.286. The van der Waals surface area contributed by atoms with Crippen molar-refractivity contribution in [1.82, 2.24) is 15.5 Å². The maximum Gasteiger partial charge on any atom is 0.294 e. The van der Waals surface area contributed by atoms with Gasteiger partial charge in [-0.15, -0.1) is 0 Å². The number of benzene rings is 1. The lowest BCUT2D eigenvalue weighted by molar-refractivity contribution is -0.384. The van der Waals surface area contributed by atoms with Crippen molar-refractivity contribution in [2.24, 2.45) is 0 Å². The molecule has 2 aromatic rings. The molecule has 0 bridgehead atoms. The standard InChI is InChI=1S/C14H13BrIN5O3/c1-17-14(22)8-4-7(15)5-11(21(23)24)12(8)20-3-2-10-9(6-20)13(16)19-18-10/h4-5H,2-3,6H2,1H3,(H,17,22)(H,18,19). The average Bonchev–Trinajstić information content (AvgIpc) is 2.94. The number of aromatic amines is 1. The number of hydrogen-bond acceptors (Lipinski definition) is 5. The summed E-state index contributed by atoms with van der Waals surface area (Å²) in [4.78, 5) is 25.2. The minimum absolute atomic E-state index is 0.0927. The number of nitrogens with one attached hydrogen (secondary N) is 2. The van der Waals surface area contributed by atoms with E-state index in [9.17, 15) is 14.9 Å². The summed E-state index contributed by atoms with van der Waals surface area (Å²) < 4.78 is 1.33. The van der Waals surface area contributed by atoms with E-state index in [1.165, 1.54) is 13.1 Å². The Labute approximate surface area is 159 Å². The molecule has 1 aliphatic heterocycles. The minimum Gasteiger partial charge on any atom is -0.360 e. The van der Waals surface area contributed by atoms with Crippen molar-refractivity contribution in [3.8, 4) is 0 Å². The number of rotatable bonds is 3. The van der Waals surface area contributed by atoms with Crippen molar-refractivity contribution in [2.75, 3.05) is 18.5 Å². The van der Waals surface area contributed by atoms with Gasteiger partial charge in [-0.2, -0.15) is 5.10 Å². The molecule has 0 saturated carbocycles. The summed E-state index contributed by atoms with van der Waals surface area (Å²) in [5.74, 6) is -0.359. The van der Waals surface area contributed by atoms with Crippen molar-refractivity contribution in [3.05, 3.63) is 47.2 Å². The summed E-state index contributed by atoms with van der Waals surface area (Å²) in [7, 11) is 1.51. The molecular weight excluding hydrogens is 493 g/mol. The molecule has 1 aromatic carbocycles. The van der Waals surface area contributed by atoms with Gasteiger partial charge in [0, 0.05) is 48.4 Å². The zero-order chi connectivity index (χ0) is 17.4. The maximum atomic E-state index is 12.3. The van der Waals surface area contributed by atoms with E-state index in [4.69, 9.17) is 0 Å². The molecule has 2 N–H and O–H groups in total. The van der Waals surface area contributed by atoms with Gasteiger partial charge in [0.05, 0.1) is 10.5 Å². The zero-order valence-corrected chi connectivity index (χ0v) is 16.3. The van der Waals surface area contributed by atoms with Crippen LogP contribution in [0.2, 0.25) is 0 Å². The van der Waals surface area contributed by atoms with Gasteiger partial charge < -0.3 is 10.2 Å². The Morgan fingerprint density at radius 2 is 2.29 bits per heavy atom. The first kappa shape index (κ1) is 17.1. The van der Waals surface area contributed by atoms with Crippen molar-refractivity contribution >= 4 is 55.8 Å². The summed E-state index contributed by atoms with van der Waals surface area (Å²) in [5, 5.41) is 21.3. The number of carbonyl (C=O) groups is 1. The third-order valence-corrected chi connectivity index (χ3v) is 5.27. The first-order valence-corrected chi connectivity index (χ1v) is 8.96. The monoisotopic (exact) mass is 505 g/mol. The molecule has 126 valence electrons. The van der Waals surface area contributed by atoms with Crippen LogP contribution in [0.3, 0.4) is 0 Å². The van der Waals surface area contributed by atoms with Gasteiger partial charge in [-0.05, 0) is 28.7 Å². The lowest BCUT2D eigenvalue weighted by atomic mass is 10.0. The molecule has 1 amide bonds. The van der Waals surface area contributed by atoms with E-state index >= 15 is 0 Å². The molecule has 0 unspecified atom stereocenters. The number of aromatic nitrogens is 2. The molecule has 1 aromatic heterocycles. The molecule has 0 radical (unpaired) electrons. The Morgan fingerprint density at radius 1 is 1.54 bits per heavy atom. The van der Waals surface area contributed by atoms with Gasteiger partial charge in [-0.1, -0.05) is 15.9 Å². The normalized spacial score (nSPS) is 13.5. The van der Waals surface area contributed by atoms with Gasteiger partial charge >= 0.3 is 0 Å². The van der Waals surface area contributed by atoms with Gasteiger partial charge in [0.1, 0.15) is 9.39 Å². The summed E-state index contributed by atoms with van der Waals surface area (Å²) in [6.45, 7) is 1.04. The zero-order valence-electron chi connectivity index (χ0n) is 12.6. The van der Waals surface area contributed by atoms with Crippen LogP contribution in [0.25, 0.3) is 0 Å². The van der Waals surface area contributed by atoms with E-state index < -0.39 is 4.92 Å². The molecular formula is C14H13BrIN5O3. The number of amides is 1. The van der Waals surface area contributed by atoms with Gasteiger partial charge in [-0.25, -0.2) is 0 Å². The highest BCUT2D eigenvalue weighted by Gasteiger charge is 2.31. The van der Waals surface area contributed by atoms with Gasteiger partial charge in [0.25, 0.3) is 11.6 Å². The molecule has 2 heterocycles. The Bertz CT molecular complexity index is 838. The number of nitrogens with zero attached hydrogens (tertiary/aromatic N) is 3. The van der Waals surface area contributed by atoms with Crippen molar-refractivity contribution in [1.29, 1.82) is 0 Å². The summed E-state index contributed by atoms with van der Waals surface area (Å²) in [6, 6.07) is 3.04. The van der Waals surface area contributed by atoms with Crippen LogP contribution < -0.4 is 10.2 Å². The predicted molar refractivity (Wildman–Crippen MR) is 100 cm³/mol. The van der Waals surface area contributed by atoms with E-state index in [0.717, 1.165) is 15.0 Å². The number of carbonyl (C=O) groups excluding carboxylic acids is 1. The van der Waals surface area contributed by atoms with E-state index in [0.29, 0.717) is 29.7 Å². The Hall–Kier alpha value is -1.69. The molecule has 0 fully saturated rings. The fourth-order valence-electron chi connectivity index (χ4n) is 2.82. The Kier molecular flexibility index (Phi) is 4.76. The third-order valence-electron chi connectivity index (χ3n) is 3.92. The van der Waals surface area contributed by atoms with Crippen LogP contribution >= 0.6 is 38.5 Å². The molecule has 24 heavy (non-hydrogen) atoms. The topological polar surface area (TPSA) is 104 Å². The second-order valence-corrected chi connectivity index (χ2v) is 7.24. The number of hydrogen-bond donors (Lipinski definition) is 2. The average molecular weight is 506 g/mol. The van der Waals surface area contributed by atoms with E-state index in [-0.39, 0.29) is 17.2 Å². The summed E-state index contributed by atoms with van der Waals surface area (Å²) in [6.07, 6.45) is 0.686. The highest BCUT2D eigenvalue weighted by Crippen LogP contribution is 2.38. The van der Waals surface area contributed by atoms with Gasteiger partial charge in [0.2, 0.25) is 0 Å². The van der Waals surface area contributed by atoms with Crippen LogP contribution in [0.4, 0.5) is 11.4 Å². The van der Waals surface area contributed by atoms with Crippen molar-refractivity contribution in [3.63, 3.8) is 0 Å². The van der Waals surface area contributed by atoms with Crippen LogP contribution in [0, 0.1) is 13.8 Å². The molecule has 8 nitrogen and oxygen atoms in total. The maximum absolute atomic E-state index is 12.3. The first-order valence-electron chi connectivity index (χ1n) is 7.09. The van der Waals surface area contributed by atoms with Crippen LogP contribution in [-0.2, 0) is 13.0 Å². The number of halogens is 2. The van der Waals surface area contributed by atoms with Crippen LogP contribution in [-0.4, -0.2) is 34.6 Å². The number of anilines is 1. The summed E-state index contributed by atoms with van der Waals surface area (Å²) in [5.41, 5.74) is 2.58. The van der Waals surface area contributed by atoms with E-state index in [1.54, 1.807) is 6.07 Å². The second kappa shape index (κ2) is 6.67. The molecule has 10 heteroatoms. The fourth-order valence-corrected chi connectivity index (χ4v) is 3.88. The van der Waals surface area contributed by atoms with Gasteiger partial charge in [0.15, 0.2) is 0 Å². The molecule has 1 aliphatic rings. The lowest BCUT2D eigenvalue weighted by Crippen LogP contribution is -2.33. The third kappa shape index (κ3) is 2.99. The number of H-pyrrole nitrogens is 1. The van der Waals surface area contributed by atoms with Crippen molar-refractivity contribution < 1.29 is 9.72 Å². The highest BCUT2D eigenvalue weighted by molar-refractivity contribution is 14.1. The molecule has 0 aliphatic carbocycles. The molecule has 0 spiro atoms. The predicted octanol–water partition coefficient (Wildman–Crippen LogP) is 2.61. The largest absolute Gasteiger partial charge is 0.360 e. The molecule has 3 rings (SSSR count). The lowest BCUT2D eigenvalue weighted by Gasteiger charge is -2.30. The molecule has 0 saturated heterocycles. The highest BCUT2D eigenvalue weighted by atomic mass is 127. The summed E-state index contributed by atoms with van der Waals surface area (Å²) >= 11 is 5.38. The number of nitro groups is 1. The SMILES string of the molecule is CNC(=O)c1cc(Br)cc([N+](=O)[O-])c1N1CCc2[nH]nc(I)c2C1. The minimum atomic E-state index is -0.456. The number of nitro benzene ring substituents is 1. The smallest absolute Gasteiger partial charge is 0.294 e. The van der Waals surface area contributed by atoms with E-state index in [1.807, 2.05) is 4.90 Å². The van der Waals surface area contributed by atoms with Crippen LogP contribution in [0.15, 0.2) is 16.6 Å².